The highest BCUT2D eigenvalue weighted by Crippen LogP contribution is 2.05. The SMILES string of the molecule is CSC(C)CNCc1ncccc1C. The minimum atomic E-state index is 0.666. The molecule has 1 aromatic rings. The number of thioether (sulfide) groups is 1. The molecule has 0 saturated carbocycles. The normalized spacial score (nSPS) is 12.8. The van der Waals surface area contributed by atoms with Gasteiger partial charge in [0, 0.05) is 24.5 Å². The van der Waals surface area contributed by atoms with E-state index in [1.54, 1.807) is 0 Å². The van der Waals surface area contributed by atoms with Gasteiger partial charge in [0.2, 0.25) is 0 Å². The molecule has 1 aromatic heterocycles. The zero-order valence-corrected chi connectivity index (χ0v) is 9.90. The lowest BCUT2D eigenvalue weighted by Crippen LogP contribution is -2.22. The van der Waals surface area contributed by atoms with Crippen LogP contribution in [0, 0.1) is 6.92 Å². The van der Waals surface area contributed by atoms with Crippen LogP contribution < -0.4 is 5.32 Å². The van der Waals surface area contributed by atoms with Crippen LogP contribution in [0.1, 0.15) is 18.2 Å². The summed E-state index contributed by atoms with van der Waals surface area (Å²) < 4.78 is 0. The van der Waals surface area contributed by atoms with Crippen molar-refractivity contribution in [3.8, 4) is 0 Å². The molecule has 1 rings (SSSR count). The topological polar surface area (TPSA) is 24.9 Å². The van der Waals surface area contributed by atoms with Crippen molar-refractivity contribution in [1.82, 2.24) is 10.3 Å². The van der Waals surface area contributed by atoms with E-state index >= 15 is 0 Å². The molecule has 0 spiro atoms. The molecule has 2 nitrogen and oxygen atoms in total. The van der Waals surface area contributed by atoms with Gasteiger partial charge >= 0.3 is 0 Å². The summed E-state index contributed by atoms with van der Waals surface area (Å²) in [5.41, 5.74) is 2.41. The van der Waals surface area contributed by atoms with Gasteiger partial charge in [0.25, 0.3) is 0 Å². The Bertz CT molecular complexity index is 276. The van der Waals surface area contributed by atoms with E-state index < -0.39 is 0 Å². The van der Waals surface area contributed by atoms with Gasteiger partial charge in [-0.05, 0) is 24.8 Å². The van der Waals surface area contributed by atoms with E-state index in [0.717, 1.165) is 18.8 Å². The predicted molar refractivity (Wildman–Crippen MR) is 63.7 cm³/mol. The molecule has 3 heteroatoms. The maximum Gasteiger partial charge on any atom is 0.0570 e. The molecule has 1 unspecified atom stereocenters. The van der Waals surface area contributed by atoms with Crippen molar-refractivity contribution in [3.63, 3.8) is 0 Å². The van der Waals surface area contributed by atoms with Crippen molar-refractivity contribution in [2.45, 2.75) is 25.6 Å². The van der Waals surface area contributed by atoms with Gasteiger partial charge in [-0.1, -0.05) is 13.0 Å². The molecule has 0 aliphatic heterocycles. The smallest absolute Gasteiger partial charge is 0.0570 e. The van der Waals surface area contributed by atoms with Gasteiger partial charge in [-0.15, -0.1) is 0 Å². The number of nitrogens with one attached hydrogen (secondary N) is 1. The van der Waals surface area contributed by atoms with Crippen LogP contribution in [0.5, 0.6) is 0 Å². The van der Waals surface area contributed by atoms with Gasteiger partial charge in [-0.25, -0.2) is 0 Å². The quantitative estimate of drug-likeness (QED) is 0.806. The molecular weight excluding hydrogens is 192 g/mol. The minimum absolute atomic E-state index is 0.666. The monoisotopic (exact) mass is 210 g/mol. The van der Waals surface area contributed by atoms with Gasteiger partial charge in [0.05, 0.1) is 5.69 Å². The lowest BCUT2D eigenvalue weighted by atomic mass is 10.2. The Morgan fingerprint density at radius 1 is 1.57 bits per heavy atom. The van der Waals surface area contributed by atoms with E-state index in [1.165, 1.54) is 5.56 Å². The third kappa shape index (κ3) is 3.68. The van der Waals surface area contributed by atoms with E-state index in [9.17, 15) is 0 Å². The van der Waals surface area contributed by atoms with Crippen molar-refractivity contribution in [3.05, 3.63) is 29.6 Å². The Morgan fingerprint density at radius 2 is 2.36 bits per heavy atom. The first-order valence-corrected chi connectivity index (χ1v) is 6.17. The Labute approximate surface area is 90.5 Å². The zero-order chi connectivity index (χ0) is 10.4. The maximum absolute atomic E-state index is 4.33. The maximum atomic E-state index is 4.33. The van der Waals surface area contributed by atoms with Crippen LogP contribution in [0.2, 0.25) is 0 Å². The number of nitrogens with zero attached hydrogens (tertiary/aromatic N) is 1. The molecule has 0 aliphatic rings. The third-order valence-corrected chi connectivity index (χ3v) is 3.22. The van der Waals surface area contributed by atoms with E-state index in [4.69, 9.17) is 0 Å². The molecular formula is C11H18N2S. The summed E-state index contributed by atoms with van der Waals surface area (Å²) in [4.78, 5) is 4.33. The Hall–Kier alpha value is -0.540. The molecule has 14 heavy (non-hydrogen) atoms. The summed E-state index contributed by atoms with van der Waals surface area (Å²) in [6.45, 7) is 6.24. The van der Waals surface area contributed by atoms with Crippen LogP contribution in [0.4, 0.5) is 0 Å². The van der Waals surface area contributed by atoms with E-state index in [0.29, 0.717) is 5.25 Å². The van der Waals surface area contributed by atoms with Crippen LogP contribution in [-0.4, -0.2) is 23.0 Å². The van der Waals surface area contributed by atoms with E-state index in [1.807, 2.05) is 24.0 Å². The number of aryl methyl sites for hydroxylation is 1. The molecule has 0 bridgehead atoms. The van der Waals surface area contributed by atoms with Crippen LogP contribution in [0.25, 0.3) is 0 Å². The first-order valence-electron chi connectivity index (χ1n) is 4.88. The largest absolute Gasteiger partial charge is 0.310 e. The number of hydrogen-bond acceptors (Lipinski definition) is 3. The van der Waals surface area contributed by atoms with Crippen molar-refractivity contribution in [2.75, 3.05) is 12.8 Å². The predicted octanol–water partition coefficient (Wildman–Crippen LogP) is 2.23. The molecule has 1 atom stereocenters. The van der Waals surface area contributed by atoms with Gasteiger partial charge in [0.1, 0.15) is 0 Å². The average Bonchev–Trinajstić information content (AvgIpc) is 2.20. The standard InChI is InChI=1S/C11H18N2S/c1-9-5-4-6-13-11(9)8-12-7-10(2)14-3/h4-6,10,12H,7-8H2,1-3H3. The fourth-order valence-electron chi connectivity index (χ4n) is 1.18. The molecule has 0 aliphatic carbocycles. The second kappa shape index (κ2) is 6.04. The summed E-state index contributed by atoms with van der Waals surface area (Å²) in [5.74, 6) is 0. The second-order valence-electron chi connectivity index (χ2n) is 3.44. The number of aromatic nitrogens is 1. The van der Waals surface area contributed by atoms with E-state index in [2.05, 4.69) is 36.5 Å². The fraction of sp³-hybridized carbons (Fsp3) is 0.545. The van der Waals surface area contributed by atoms with Crippen molar-refractivity contribution < 1.29 is 0 Å². The van der Waals surface area contributed by atoms with Crippen LogP contribution >= 0.6 is 11.8 Å². The van der Waals surface area contributed by atoms with Crippen LogP contribution in [0.15, 0.2) is 18.3 Å². The lowest BCUT2D eigenvalue weighted by Gasteiger charge is -2.10. The highest BCUT2D eigenvalue weighted by molar-refractivity contribution is 7.99. The average molecular weight is 210 g/mol. The van der Waals surface area contributed by atoms with Crippen molar-refractivity contribution >= 4 is 11.8 Å². The van der Waals surface area contributed by atoms with E-state index in [-0.39, 0.29) is 0 Å². The molecule has 78 valence electrons. The summed E-state index contributed by atoms with van der Waals surface area (Å²) in [6, 6.07) is 4.07. The van der Waals surface area contributed by atoms with Gasteiger partial charge in [-0.2, -0.15) is 11.8 Å². The second-order valence-corrected chi connectivity index (χ2v) is 4.72. The molecule has 0 radical (unpaired) electrons. The lowest BCUT2D eigenvalue weighted by molar-refractivity contribution is 0.670. The Morgan fingerprint density at radius 3 is 3.00 bits per heavy atom. The third-order valence-electron chi connectivity index (χ3n) is 2.24. The number of pyridine rings is 1. The molecule has 1 N–H and O–H groups in total. The summed E-state index contributed by atoms with van der Waals surface area (Å²) in [6.07, 6.45) is 3.99. The molecule has 0 fully saturated rings. The summed E-state index contributed by atoms with van der Waals surface area (Å²) in [5, 5.41) is 4.08. The van der Waals surface area contributed by atoms with Gasteiger partial charge in [0.15, 0.2) is 0 Å². The van der Waals surface area contributed by atoms with Crippen LogP contribution in [-0.2, 0) is 6.54 Å². The summed E-state index contributed by atoms with van der Waals surface area (Å²) >= 11 is 1.88. The molecule has 1 heterocycles. The van der Waals surface area contributed by atoms with Crippen molar-refractivity contribution in [1.29, 1.82) is 0 Å². The Balaban J connectivity index is 2.35. The summed E-state index contributed by atoms with van der Waals surface area (Å²) in [7, 11) is 0. The van der Waals surface area contributed by atoms with Gasteiger partial charge < -0.3 is 5.32 Å². The number of rotatable bonds is 5. The molecule has 0 aromatic carbocycles. The highest BCUT2D eigenvalue weighted by Gasteiger charge is 2.00. The fourth-order valence-corrected chi connectivity index (χ4v) is 1.47. The first kappa shape index (κ1) is 11.5. The van der Waals surface area contributed by atoms with Crippen molar-refractivity contribution in [2.24, 2.45) is 0 Å². The molecule has 0 amide bonds. The highest BCUT2D eigenvalue weighted by atomic mass is 32.2. The first-order chi connectivity index (χ1) is 6.74. The molecule has 0 saturated heterocycles. The number of hydrogen-bond donors (Lipinski definition) is 1. The zero-order valence-electron chi connectivity index (χ0n) is 9.08. The Kier molecular flexibility index (Phi) is 4.98. The minimum Gasteiger partial charge on any atom is -0.310 e. The van der Waals surface area contributed by atoms with Gasteiger partial charge in [-0.3, -0.25) is 4.98 Å². The van der Waals surface area contributed by atoms with Crippen LogP contribution in [0.3, 0.4) is 0 Å².